The molecule has 0 aromatic heterocycles. The van der Waals surface area contributed by atoms with Crippen LogP contribution in [0, 0.1) is 5.41 Å². The number of carbonyl (C=O) groups excluding carboxylic acids is 1. The summed E-state index contributed by atoms with van der Waals surface area (Å²) in [7, 11) is 0. The van der Waals surface area contributed by atoms with E-state index in [0.29, 0.717) is 0 Å². The van der Waals surface area contributed by atoms with E-state index in [-0.39, 0.29) is 11.5 Å². The summed E-state index contributed by atoms with van der Waals surface area (Å²) >= 11 is 0. The second-order valence-corrected chi connectivity index (χ2v) is 5.09. The molecule has 1 heterocycles. The van der Waals surface area contributed by atoms with Crippen LogP contribution >= 0.6 is 0 Å². The van der Waals surface area contributed by atoms with E-state index in [1.54, 1.807) is 0 Å². The fraction of sp³-hybridized carbons (Fsp3) is 0.727. The van der Waals surface area contributed by atoms with Crippen LogP contribution in [0.4, 0.5) is 13.2 Å². The Morgan fingerprint density at radius 3 is 1.89 bits per heavy atom. The van der Waals surface area contributed by atoms with Gasteiger partial charge in [0.25, 0.3) is 0 Å². The minimum Gasteiger partial charge on any atom is -0.542 e. The van der Waals surface area contributed by atoms with E-state index in [1.807, 2.05) is 0 Å². The Balaban J connectivity index is 0.000000399. The Hall–Kier alpha value is -1.60. The van der Waals surface area contributed by atoms with Gasteiger partial charge in [-0.3, -0.25) is 0 Å². The molecule has 0 bridgehead atoms. The molecular weight excluding hydrogens is 267 g/mol. The summed E-state index contributed by atoms with van der Waals surface area (Å²) in [6.07, 6.45) is -3.58. The molecule has 0 saturated carbocycles. The molecule has 110 valence electrons. The van der Waals surface area contributed by atoms with Gasteiger partial charge in [-0.2, -0.15) is 13.2 Å². The van der Waals surface area contributed by atoms with Gasteiger partial charge in [0, 0.05) is 18.3 Å². The number of nitrogens with one attached hydrogen (secondary N) is 1. The first-order chi connectivity index (χ1) is 8.35. The van der Waals surface area contributed by atoms with Crippen molar-refractivity contribution >= 4 is 17.7 Å². The van der Waals surface area contributed by atoms with Crippen LogP contribution in [0.25, 0.3) is 0 Å². The number of carboxylic acids is 2. The highest BCUT2D eigenvalue weighted by Crippen LogP contribution is 2.18. The molecule has 1 atom stereocenters. The molecule has 0 saturated heterocycles. The van der Waals surface area contributed by atoms with Crippen LogP contribution in [0.5, 0.6) is 0 Å². The summed E-state index contributed by atoms with van der Waals surface area (Å²) in [5.74, 6) is -3.75. The van der Waals surface area contributed by atoms with E-state index >= 15 is 0 Å². The Kier molecular flexibility index (Phi) is 5.52. The van der Waals surface area contributed by atoms with Gasteiger partial charge >= 0.3 is 12.1 Å². The summed E-state index contributed by atoms with van der Waals surface area (Å²) in [6.45, 7) is 6.29. The molecule has 2 N–H and O–H groups in total. The van der Waals surface area contributed by atoms with E-state index < -0.39 is 18.1 Å². The number of carbonyl (C=O) groups is 2. The van der Waals surface area contributed by atoms with Gasteiger partial charge in [-0.25, -0.2) is 9.79 Å². The quantitative estimate of drug-likeness (QED) is 0.652. The Bertz CT molecular complexity index is 382. The Morgan fingerprint density at radius 1 is 1.32 bits per heavy atom. The zero-order chi connectivity index (χ0) is 15.4. The molecule has 0 unspecified atom stereocenters. The molecule has 5 nitrogen and oxygen atoms in total. The second kappa shape index (κ2) is 6.03. The zero-order valence-corrected chi connectivity index (χ0v) is 10.8. The number of aliphatic carboxylic acids is 2. The number of halogens is 3. The minimum atomic E-state index is -5.19. The lowest BCUT2D eigenvalue weighted by atomic mass is 9.88. The maximum absolute atomic E-state index is 10.6. The number of hydrogen-bond acceptors (Lipinski definition) is 3. The van der Waals surface area contributed by atoms with Crippen molar-refractivity contribution in [3.8, 4) is 0 Å². The average Bonchev–Trinajstić information content (AvgIpc) is 2.64. The smallest absolute Gasteiger partial charge is 0.430 e. The van der Waals surface area contributed by atoms with E-state index in [2.05, 4.69) is 25.8 Å². The van der Waals surface area contributed by atoms with Crippen LogP contribution in [0.1, 0.15) is 33.6 Å². The van der Waals surface area contributed by atoms with E-state index in [1.165, 1.54) is 0 Å². The van der Waals surface area contributed by atoms with Crippen LogP contribution in [-0.4, -0.2) is 35.0 Å². The Morgan fingerprint density at radius 2 is 1.74 bits per heavy atom. The molecule has 1 aliphatic rings. The molecule has 0 aromatic carbocycles. The fourth-order valence-electron chi connectivity index (χ4n) is 1.42. The van der Waals surface area contributed by atoms with Crippen molar-refractivity contribution in [2.45, 2.75) is 45.8 Å². The minimum absolute atomic E-state index is 0.0875. The number of carboxylic acid groups (broad SMARTS) is 2. The van der Waals surface area contributed by atoms with Crippen LogP contribution in [0.3, 0.4) is 0 Å². The first-order valence-corrected chi connectivity index (χ1v) is 5.49. The normalized spacial score (nSPS) is 19.3. The van der Waals surface area contributed by atoms with Crippen LogP contribution in [0.15, 0.2) is 0 Å². The molecule has 0 aromatic rings. The molecule has 0 fully saturated rings. The molecular formula is C11H16F3NO4. The fourth-order valence-corrected chi connectivity index (χ4v) is 1.42. The lowest BCUT2D eigenvalue weighted by molar-refractivity contribution is -0.484. The van der Waals surface area contributed by atoms with Crippen molar-refractivity contribution in [2.24, 2.45) is 5.41 Å². The van der Waals surface area contributed by atoms with Crippen LogP contribution in [-0.2, 0) is 9.59 Å². The number of hydrogen-bond donors (Lipinski definition) is 2. The topological polar surface area (TPSA) is 91.4 Å². The molecule has 0 spiro atoms. The second-order valence-electron chi connectivity index (χ2n) is 5.09. The van der Waals surface area contributed by atoms with E-state index in [4.69, 9.17) is 15.0 Å². The molecule has 0 radical (unpaired) electrons. The van der Waals surface area contributed by atoms with Gasteiger partial charge < -0.3 is 15.0 Å². The molecule has 1 aliphatic heterocycles. The van der Waals surface area contributed by atoms with Crippen molar-refractivity contribution < 1.29 is 38.0 Å². The highest BCUT2D eigenvalue weighted by Gasteiger charge is 2.36. The molecule has 0 aliphatic carbocycles. The third-order valence-electron chi connectivity index (χ3n) is 2.47. The highest BCUT2D eigenvalue weighted by molar-refractivity contribution is 5.87. The summed E-state index contributed by atoms with van der Waals surface area (Å²) in [5.41, 5.74) is 1.25. The standard InChI is InChI=1S/C9H15NO2.C2HF3O2/c1-9(2,3)7-5-4-6(10-7)8(11)12;3-2(4,5)1(6)7/h6H,4-5H2,1-3H3,(H,11,12);(H,6,7)/t6-;/m0./s1. The van der Waals surface area contributed by atoms with Crippen molar-refractivity contribution in [2.75, 3.05) is 0 Å². The lowest BCUT2D eigenvalue weighted by Crippen LogP contribution is -2.80. The van der Waals surface area contributed by atoms with Gasteiger partial charge in [-0.15, -0.1) is 0 Å². The van der Waals surface area contributed by atoms with E-state index in [0.717, 1.165) is 18.6 Å². The Labute approximate surface area is 108 Å². The van der Waals surface area contributed by atoms with Gasteiger partial charge in [-0.05, 0) is 0 Å². The van der Waals surface area contributed by atoms with E-state index in [9.17, 15) is 18.0 Å². The van der Waals surface area contributed by atoms with Gasteiger partial charge in [0.15, 0.2) is 5.71 Å². The van der Waals surface area contributed by atoms with Crippen molar-refractivity contribution in [1.29, 1.82) is 0 Å². The molecule has 1 rings (SSSR count). The van der Waals surface area contributed by atoms with Crippen LogP contribution < -0.4 is 10.1 Å². The molecule has 8 heteroatoms. The molecule has 0 amide bonds. The summed E-state index contributed by atoms with van der Waals surface area (Å²) < 4.78 is 31.5. The highest BCUT2D eigenvalue weighted by atomic mass is 19.4. The summed E-state index contributed by atoms with van der Waals surface area (Å²) in [6, 6.07) is -0.362. The summed E-state index contributed by atoms with van der Waals surface area (Å²) in [4.78, 5) is 22.4. The first-order valence-electron chi connectivity index (χ1n) is 5.49. The maximum atomic E-state index is 10.6. The van der Waals surface area contributed by atoms with Crippen LogP contribution in [0.2, 0.25) is 0 Å². The van der Waals surface area contributed by atoms with Crippen molar-refractivity contribution in [1.82, 2.24) is 0 Å². The first kappa shape index (κ1) is 17.4. The SMILES string of the molecule is CC(C)(C)C1=[NH+][C@H](C(=O)O)CC1.O=C([O-])C(F)(F)F. The van der Waals surface area contributed by atoms with Gasteiger partial charge in [0.1, 0.15) is 5.97 Å². The van der Waals surface area contributed by atoms with Gasteiger partial charge in [-0.1, -0.05) is 20.8 Å². The van der Waals surface area contributed by atoms with Crippen molar-refractivity contribution in [3.63, 3.8) is 0 Å². The van der Waals surface area contributed by atoms with Crippen molar-refractivity contribution in [3.05, 3.63) is 0 Å². The third kappa shape index (κ3) is 6.21. The number of rotatable bonds is 1. The lowest BCUT2D eigenvalue weighted by Gasteiger charge is -2.12. The van der Waals surface area contributed by atoms with Gasteiger partial charge in [0.05, 0.1) is 0 Å². The largest absolute Gasteiger partial charge is 0.542 e. The summed E-state index contributed by atoms with van der Waals surface area (Å²) in [5, 5.41) is 17.5. The maximum Gasteiger partial charge on any atom is 0.430 e. The molecule has 19 heavy (non-hydrogen) atoms. The van der Waals surface area contributed by atoms with Gasteiger partial charge in [0.2, 0.25) is 6.04 Å². The number of alkyl halides is 3. The third-order valence-corrected chi connectivity index (χ3v) is 2.47. The predicted molar refractivity (Wildman–Crippen MR) is 57.1 cm³/mol. The zero-order valence-electron chi connectivity index (χ0n) is 10.8. The monoisotopic (exact) mass is 283 g/mol. The average molecular weight is 283 g/mol. The predicted octanol–water partition coefficient (Wildman–Crippen LogP) is -0.900.